The molecule has 1 aromatic heterocycles. The molecule has 0 aliphatic carbocycles. The molecule has 0 bridgehead atoms. The Hall–Kier alpha value is -1.94. The van der Waals surface area contributed by atoms with Crippen LogP contribution in [0.1, 0.15) is 30.0 Å². The fourth-order valence-electron chi connectivity index (χ4n) is 2.51. The van der Waals surface area contributed by atoms with Crippen LogP contribution in [0.5, 0.6) is 11.6 Å². The minimum absolute atomic E-state index is 0.442. The first-order valence-electron chi connectivity index (χ1n) is 7.08. The highest BCUT2D eigenvalue weighted by Crippen LogP contribution is 2.24. The molecule has 1 fully saturated rings. The Labute approximate surface area is 119 Å². The molecular formula is C16H19N3O. The van der Waals surface area contributed by atoms with Gasteiger partial charge in [-0.05, 0) is 44.0 Å². The summed E-state index contributed by atoms with van der Waals surface area (Å²) in [6.07, 6.45) is 5.87. The molecule has 1 N–H and O–H groups in total. The molecule has 3 rings (SSSR count). The number of aromatic nitrogens is 2. The minimum Gasteiger partial charge on any atom is -0.437 e. The van der Waals surface area contributed by atoms with Gasteiger partial charge in [-0.1, -0.05) is 12.1 Å². The van der Waals surface area contributed by atoms with E-state index >= 15 is 0 Å². The van der Waals surface area contributed by atoms with Crippen LogP contribution in [0.25, 0.3) is 0 Å². The summed E-state index contributed by atoms with van der Waals surface area (Å²) in [6, 6.07) is 7.95. The molecule has 1 atom stereocenters. The number of aryl methyl sites for hydroxylation is 1. The van der Waals surface area contributed by atoms with Crippen molar-refractivity contribution in [3.05, 3.63) is 47.9 Å². The highest BCUT2D eigenvalue weighted by molar-refractivity contribution is 5.30. The molecule has 0 saturated carbocycles. The van der Waals surface area contributed by atoms with E-state index in [1.807, 2.05) is 37.4 Å². The Morgan fingerprint density at radius 2 is 2.25 bits per heavy atom. The first kappa shape index (κ1) is 13.1. The first-order chi connectivity index (χ1) is 9.81. The molecule has 1 saturated heterocycles. The highest BCUT2D eigenvalue weighted by Gasteiger charge is 2.17. The lowest BCUT2D eigenvalue weighted by Crippen LogP contribution is -2.28. The van der Waals surface area contributed by atoms with Crippen LogP contribution in [0.15, 0.2) is 36.7 Å². The number of nitrogens with one attached hydrogen (secondary N) is 1. The molecule has 2 heterocycles. The summed E-state index contributed by atoms with van der Waals surface area (Å²) < 4.78 is 5.80. The minimum atomic E-state index is 0.442. The van der Waals surface area contributed by atoms with Crippen molar-refractivity contribution in [3.8, 4) is 11.6 Å². The van der Waals surface area contributed by atoms with Crippen molar-refractivity contribution in [2.45, 2.75) is 25.7 Å². The predicted octanol–water partition coefficient (Wildman–Crippen LogP) is 3.04. The maximum Gasteiger partial charge on any atom is 0.238 e. The number of nitrogens with zero attached hydrogens (tertiary/aromatic N) is 2. The number of hydrogen-bond donors (Lipinski definition) is 1. The molecule has 20 heavy (non-hydrogen) atoms. The largest absolute Gasteiger partial charge is 0.437 e. The second kappa shape index (κ2) is 6.01. The fraction of sp³-hybridized carbons (Fsp3) is 0.375. The zero-order chi connectivity index (χ0) is 13.8. The normalized spacial score (nSPS) is 18.8. The zero-order valence-electron chi connectivity index (χ0n) is 11.7. The Bertz CT molecular complexity index is 579. The first-order valence-corrected chi connectivity index (χ1v) is 7.08. The van der Waals surface area contributed by atoms with E-state index < -0.39 is 0 Å². The maximum atomic E-state index is 5.80. The van der Waals surface area contributed by atoms with E-state index in [9.17, 15) is 0 Å². The Balaban J connectivity index is 1.77. The molecule has 0 spiro atoms. The Kier molecular flexibility index (Phi) is 3.92. The third-order valence-corrected chi connectivity index (χ3v) is 3.56. The van der Waals surface area contributed by atoms with E-state index in [0.717, 1.165) is 31.0 Å². The van der Waals surface area contributed by atoms with Crippen LogP contribution >= 0.6 is 0 Å². The molecule has 1 aliphatic heterocycles. The van der Waals surface area contributed by atoms with Crippen molar-refractivity contribution < 1.29 is 4.74 Å². The van der Waals surface area contributed by atoms with E-state index in [4.69, 9.17) is 4.74 Å². The second-order valence-corrected chi connectivity index (χ2v) is 5.24. The smallest absolute Gasteiger partial charge is 0.238 e. The van der Waals surface area contributed by atoms with E-state index in [1.54, 1.807) is 6.20 Å². The lowest BCUT2D eigenvalue weighted by Gasteiger charge is -2.22. The summed E-state index contributed by atoms with van der Waals surface area (Å²) in [7, 11) is 0. The van der Waals surface area contributed by atoms with E-state index in [-0.39, 0.29) is 0 Å². The fourth-order valence-corrected chi connectivity index (χ4v) is 2.51. The Morgan fingerprint density at radius 3 is 3.05 bits per heavy atom. The third kappa shape index (κ3) is 3.14. The average molecular weight is 269 g/mol. The zero-order valence-corrected chi connectivity index (χ0v) is 11.7. The molecule has 2 aromatic rings. The number of rotatable bonds is 3. The molecule has 0 radical (unpaired) electrons. The van der Waals surface area contributed by atoms with Crippen LogP contribution in [0, 0.1) is 6.92 Å². The van der Waals surface area contributed by atoms with Gasteiger partial charge in [0, 0.05) is 18.7 Å². The molecule has 0 amide bonds. The summed E-state index contributed by atoms with van der Waals surface area (Å²) in [4.78, 5) is 8.86. The monoisotopic (exact) mass is 269 g/mol. The number of ether oxygens (including phenoxy) is 1. The van der Waals surface area contributed by atoms with Gasteiger partial charge in [0.05, 0.1) is 11.9 Å². The Morgan fingerprint density at radius 1 is 1.30 bits per heavy atom. The van der Waals surface area contributed by atoms with Gasteiger partial charge in [-0.3, -0.25) is 4.98 Å². The summed E-state index contributed by atoms with van der Waals surface area (Å²) in [5, 5.41) is 3.40. The van der Waals surface area contributed by atoms with Crippen molar-refractivity contribution in [3.63, 3.8) is 0 Å². The highest BCUT2D eigenvalue weighted by atomic mass is 16.5. The summed E-state index contributed by atoms with van der Waals surface area (Å²) >= 11 is 0. The average Bonchev–Trinajstić information content (AvgIpc) is 2.48. The van der Waals surface area contributed by atoms with Gasteiger partial charge >= 0.3 is 0 Å². The van der Waals surface area contributed by atoms with Crippen LogP contribution in [-0.4, -0.2) is 23.1 Å². The quantitative estimate of drug-likeness (QED) is 0.930. The van der Waals surface area contributed by atoms with Gasteiger partial charge in [0.15, 0.2) is 0 Å². The van der Waals surface area contributed by atoms with Crippen LogP contribution in [0.3, 0.4) is 0 Å². The number of hydrogen-bond acceptors (Lipinski definition) is 4. The van der Waals surface area contributed by atoms with Gasteiger partial charge in [0.25, 0.3) is 0 Å². The molecule has 0 unspecified atom stereocenters. The van der Waals surface area contributed by atoms with Crippen molar-refractivity contribution in [2.24, 2.45) is 0 Å². The van der Waals surface area contributed by atoms with Gasteiger partial charge in [-0.15, -0.1) is 0 Å². The van der Waals surface area contributed by atoms with E-state index in [2.05, 4.69) is 15.3 Å². The van der Waals surface area contributed by atoms with Crippen molar-refractivity contribution in [1.29, 1.82) is 0 Å². The van der Waals surface area contributed by atoms with E-state index in [1.165, 1.54) is 12.0 Å². The van der Waals surface area contributed by atoms with Crippen molar-refractivity contribution in [2.75, 3.05) is 13.1 Å². The molecule has 4 nitrogen and oxygen atoms in total. The number of benzene rings is 1. The van der Waals surface area contributed by atoms with Crippen molar-refractivity contribution in [1.82, 2.24) is 15.3 Å². The third-order valence-electron chi connectivity index (χ3n) is 3.56. The molecule has 104 valence electrons. The van der Waals surface area contributed by atoms with Crippen LogP contribution in [0.4, 0.5) is 0 Å². The maximum absolute atomic E-state index is 5.80. The van der Waals surface area contributed by atoms with Crippen LogP contribution < -0.4 is 10.1 Å². The summed E-state index contributed by atoms with van der Waals surface area (Å²) in [5.41, 5.74) is 2.19. The van der Waals surface area contributed by atoms with Crippen LogP contribution in [0.2, 0.25) is 0 Å². The van der Waals surface area contributed by atoms with Crippen LogP contribution in [-0.2, 0) is 0 Å². The molecule has 4 heteroatoms. The van der Waals surface area contributed by atoms with Gasteiger partial charge in [0.2, 0.25) is 5.88 Å². The van der Waals surface area contributed by atoms with Gasteiger partial charge in [-0.25, -0.2) is 4.98 Å². The SMILES string of the molecule is Cc1cccc(Oc2cncc([C@@H]3CCCNC3)n2)c1. The lowest BCUT2D eigenvalue weighted by molar-refractivity contribution is 0.431. The van der Waals surface area contributed by atoms with Gasteiger partial charge in [-0.2, -0.15) is 0 Å². The summed E-state index contributed by atoms with van der Waals surface area (Å²) in [6.45, 7) is 4.12. The summed E-state index contributed by atoms with van der Waals surface area (Å²) in [5.74, 6) is 1.81. The van der Waals surface area contributed by atoms with E-state index in [0.29, 0.717) is 11.8 Å². The standard InChI is InChI=1S/C16H19N3O/c1-12-4-2-6-14(8-12)20-16-11-18-10-15(19-16)13-5-3-7-17-9-13/h2,4,6,8,10-11,13,17H,3,5,7,9H2,1H3/t13-/m1/s1. The van der Waals surface area contributed by atoms with Gasteiger partial charge in [0.1, 0.15) is 5.75 Å². The second-order valence-electron chi connectivity index (χ2n) is 5.24. The number of piperidine rings is 1. The topological polar surface area (TPSA) is 47.0 Å². The molecule has 1 aliphatic rings. The molecular weight excluding hydrogens is 250 g/mol. The predicted molar refractivity (Wildman–Crippen MR) is 78.1 cm³/mol. The van der Waals surface area contributed by atoms with Crippen molar-refractivity contribution >= 4 is 0 Å². The lowest BCUT2D eigenvalue weighted by atomic mass is 9.97. The van der Waals surface area contributed by atoms with Gasteiger partial charge < -0.3 is 10.1 Å². The molecule has 1 aromatic carbocycles.